The van der Waals surface area contributed by atoms with Crippen molar-refractivity contribution >= 4 is 29.9 Å². The minimum atomic E-state index is 0. The van der Waals surface area contributed by atoms with E-state index >= 15 is 0 Å². The highest BCUT2D eigenvalue weighted by Gasteiger charge is 1.96. The second-order valence-electron chi connectivity index (χ2n) is 3.67. The zero-order valence-corrected chi connectivity index (χ0v) is 12.2. The highest BCUT2D eigenvalue weighted by atomic mass is 127. The van der Waals surface area contributed by atoms with Crippen molar-refractivity contribution in [3.8, 4) is 5.69 Å². The van der Waals surface area contributed by atoms with Gasteiger partial charge < -0.3 is 11.5 Å². The molecule has 0 atom stereocenters. The molecular formula is C12H16IN5. The lowest BCUT2D eigenvalue weighted by Crippen LogP contribution is -2.23. The fourth-order valence-corrected chi connectivity index (χ4v) is 1.55. The molecule has 96 valence electrons. The highest BCUT2D eigenvalue weighted by Crippen LogP contribution is 2.09. The third-order valence-electron chi connectivity index (χ3n) is 2.40. The van der Waals surface area contributed by atoms with Gasteiger partial charge in [-0.15, -0.1) is 24.0 Å². The van der Waals surface area contributed by atoms with Crippen LogP contribution in [-0.4, -0.2) is 22.3 Å². The molecule has 0 bridgehead atoms. The lowest BCUT2D eigenvalue weighted by atomic mass is 10.1. The lowest BCUT2D eigenvalue weighted by Gasteiger charge is -2.03. The molecule has 0 saturated heterocycles. The second kappa shape index (κ2) is 7.00. The van der Waals surface area contributed by atoms with Crippen LogP contribution in [-0.2, 0) is 6.42 Å². The average molecular weight is 357 g/mol. The summed E-state index contributed by atoms with van der Waals surface area (Å²) in [6.07, 6.45) is 4.50. The molecule has 2 aromatic rings. The van der Waals surface area contributed by atoms with Gasteiger partial charge in [0, 0.05) is 18.9 Å². The molecule has 0 aliphatic carbocycles. The minimum Gasteiger partial charge on any atom is -0.370 e. The van der Waals surface area contributed by atoms with Crippen LogP contribution < -0.4 is 11.5 Å². The van der Waals surface area contributed by atoms with Crippen LogP contribution in [0.4, 0.5) is 0 Å². The van der Waals surface area contributed by atoms with E-state index in [-0.39, 0.29) is 29.9 Å². The molecule has 0 saturated carbocycles. The molecule has 1 heterocycles. The van der Waals surface area contributed by atoms with Crippen LogP contribution in [0.3, 0.4) is 0 Å². The maximum Gasteiger partial charge on any atom is 0.185 e. The van der Waals surface area contributed by atoms with Gasteiger partial charge in [-0.25, -0.2) is 4.68 Å². The Labute approximate surface area is 123 Å². The van der Waals surface area contributed by atoms with E-state index in [2.05, 4.69) is 22.2 Å². The molecule has 0 spiro atoms. The summed E-state index contributed by atoms with van der Waals surface area (Å²) < 4.78 is 1.82. The van der Waals surface area contributed by atoms with Crippen LogP contribution in [0.1, 0.15) is 5.56 Å². The Morgan fingerprint density at radius 2 is 1.94 bits per heavy atom. The molecule has 0 amide bonds. The Kier molecular flexibility index (Phi) is 5.63. The van der Waals surface area contributed by atoms with Crippen molar-refractivity contribution in [3.63, 3.8) is 0 Å². The highest BCUT2D eigenvalue weighted by molar-refractivity contribution is 14.0. The smallest absolute Gasteiger partial charge is 0.185 e. The van der Waals surface area contributed by atoms with Crippen molar-refractivity contribution in [2.45, 2.75) is 6.42 Å². The molecule has 1 aromatic heterocycles. The number of aliphatic imine (C=N–C) groups is 1. The molecule has 0 unspecified atom stereocenters. The van der Waals surface area contributed by atoms with Crippen molar-refractivity contribution in [3.05, 3.63) is 48.3 Å². The summed E-state index contributed by atoms with van der Waals surface area (Å²) in [5.74, 6) is 0.137. The van der Waals surface area contributed by atoms with Gasteiger partial charge in [0.2, 0.25) is 0 Å². The molecular weight excluding hydrogens is 341 g/mol. The first-order chi connectivity index (χ1) is 8.25. The van der Waals surface area contributed by atoms with Crippen LogP contribution in [0, 0.1) is 0 Å². The summed E-state index contributed by atoms with van der Waals surface area (Å²) in [6, 6.07) is 10.1. The first-order valence-electron chi connectivity index (χ1n) is 5.40. The Bertz CT molecular complexity index is 486. The summed E-state index contributed by atoms with van der Waals surface area (Å²) in [4.78, 5) is 3.95. The van der Waals surface area contributed by atoms with Crippen LogP contribution in [0.15, 0.2) is 47.7 Å². The maximum atomic E-state index is 5.26. The Balaban J connectivity index is 0.00000162. The van der Waals surface area contributed by atoms with E-state index in [4.69, 9.17) is 11.5 Å². The molecule has 0 fully saturated rings. The van der Waals surface area contributed by atoms with Crippen molar-refractivity contribution in [1.29, 1.82) is 0 Å². The molecule has 6 heteroatoms. The van der Waals surface area contributed by atoms with Crippen molar-refractivity contribution in [2.75, 3.05) is 6.54 Å². The van der Waals surface area contributed by atoms with Gasteiger partial charge in [0.25, 0.3) is 0 Å². The van der Waals surface area contributed by atoms with Crippen LogP contribution in [0.2, 0.25) is 0 Å². The molecule has 2 rings (SSSR count). The Hall–Kier alpha value is -1.57. The number of nitrogens with zero attached hydrogens (tertiary/aromatic N) is 3. The van der Waals surface area contributed by atoms with Gasteiger partial charge >= 0.3 is 0 Å². The van der Waals surface area contributed by atoms with Crippen LogP contribution >= 0.6 is 24.0 Å². The molecule has 1 aromatic carbocycles. The van der Waals surface area contributed by atoms with Gasteiger partial charge in [-0.05, 0) is 30.2 Å². The maximum absolute atomic E-state index is 5.26. The first-order valence-corrected chi connectivity index (χ1v) is 5.40. The molecule has 4 N–H and O–H groups in total. The first kappa shape index (κ1) is 14.5. The summed E-state index contributed by atoms with van der Waals surface area (Å²) in [5, 5.41) is 4.16. The average Bonchev–Trinajstić information content (AvgIpc) is 2.83. The fourth-order valence-electron chi connectivity index (χ4n) is 1.55. The number of aromatic nitrogens is 2. The van der Waals surface area contributed by atoms with E-state index in [1.165, 1.54) is 5.56 Å². The van der Waals surface area contributed by atoms with Crippen LogP contribution in [0.25, 0.3) is 5.69 Å². The van der Waals surface area contributed by atoms with Gasteiger partial charge in [0.05, 0.1) is 5.69 Å². The van der Waals surface area contributed by atoms with E-state index in [1.807, 2.05) is 29.1 Å². The largest absolute Gasteiger partial charge is 0.370 e. The summed E-state index contributed by atoms with van der Waals surface area (Å²) in [7, 11) is 0. The van der Waals surface area contributed by atoms with E-state index in [0.29, 0.717) is 6.54 Å². The summed E-state index contributed by atoms with van der Waals surface area (Å²) in [5.41, 5.74) is 12.8. The van der Waals surface area contributed by atoms with E-state index in [1.54, 1.807) is 6.20 Å². The van der Waals surface area contributed by atoms with Crippen molar-refractivity contribution in [1.82, 2.24) is 9.78 Å². The Morgan fingerprint density at radius 3 is 2.50 bits per heavy atom. The molecule has 18 heavy (non-hydrogen) atoms. The molecule has 0 radical (unpaired) electrons. The van der Waals surface area contributed by atoms with E-state index < -0.39 is 0 Å². The number of rotatable bonds is 4. The Morgan fingerprint density at radius 1 is 1.22 bits per heavy atom. The molecule has 5 nitrogen and oxygen atoms in total. The van der Waals surface area contributed by atoms with Crippen molar-refractivity contribution in [2.24, 2.45) is 16.5 Å². The topological polar surface area (TPSA) is 82.2 Å². The number of hydrogen-bond acceptors (Lipinski definition) is 2. The number of hydrogen-bond donors (Lipinski definition) is 2. The number of guanidine groups is 1. The van der Waals surface area contributed by atoms with E-state index in [9.17, 15) is 0 Å². The van der Waals surface area contributed by atoms with Gasteiger partial charge in [-0.3, -0.25) is 4.99 Å². The predicted molar refractivity (Wildman–Crippen MR) is 83.4 cm³/mol. The van der Waals surface area contributed by atoms with Gasteiger partial charge in [-0.2, -0.15) is 5.10 Å². The number of nitrogens with two attached hydrogens (primary N) is 2. The fraction of sp³-hybridized carbons (Fsp3) is 0.167. The van der Waals surface area contributed by atoms with Crippen LogP contribution in [0.5, 0.6) is 0 Å². The minimum absolute atomic E-state index is 0. The van der Waals surface area contributed by atoms with E-state index in [0.717, 1.165) is 12.1 Å². The SMILES string of the molecule is I.NC(N)=NCCc1ccc(-n2cccn2)cc1. The normalized spacial score (nSPS) is 9.56. The summed E-state index contributed by atoms with van der Waals surface area (Å²) >= 11 is 0. The molecule has 0 aliphatic rings. The third-order valence-corrected chi connectivity index (χ3v) is 2.40. The van der Waals surface area contributed by atoms with Gasteiger partial charge in [-0.1, -0.05) is 12.1 Å². The molecule has 0 aliphatic heterocycles. The quantitative estimate of drug-likeness (QED) is 0.492. The number of halogens is 1. The zero-order chi connectivity index (χ0) is 12.1. The zero-order valence-electron chi connectivity index (χ0n) is 9.86. The third kappa shape index (κ3) is 4.02. The monoisotopic (exact) mass is 357 g/mol. The summed E-state index contributed by atoms with van der Waals surface area (Å²) in [6.45, 7) is 0.615. The lowest BCUT2D eigenvalue weighted by molar-refractivity contribution is 0.877. The number of benzene rings is 1. The second-order valence-corrected chi connectivity index (χ2v) is 3.67. The predicted octanol–water partition coefficient (Wildman–Crippen LogP) is 1.31. The standard InChI is InChI=1S/C12H15N5.HI/c13-12(14)15-8-6-10-2-4-11(5-3-10)17-9-1-7-16-17;/h1-5,7,9H,6,8H2,(H4,13,14,15);1H. The van der Waals surface area contributed by atoms with Gasteiger partial charge in [0.1, 0.15) is 0 Å². The van der Waals surface area contributed by atoms with Gasteiger partial charge in [0.15, 0.2) is 5.96 Å². The van der Waals surface area contributed by atoms with Crippen molar-refractivity contribution < 1.29 is 0 Å².